The van der Waals surface area contributed by atoms with Crippen molar-refractivity contribution in [3.8, 4) is 46.0 Å². The van der Waals surface area contributed by atoms with Gasteiger partial charge in [-0.2, -0.15) is 0 Å². The third-order valence-corrected chi connectivity index (χ3v) is 10.1. The summed E-state index contributed by atoms with van der Waals surface area (Å²) in [6, 6.07) is 22.1. The van der Waals surface area contributed by atoms with Gasteiger partial charge in [-0.1, -0.05) is 38.1 Å². The largest absolute Gasteiger partial charge is 0.493 e. The molecule has 1 heterocycles. The molecule has 11 nitrogen and oxygen atoms in total. The van der Waals surface area contributed by atoms with Gasteiger partial charge in [-0.3, -0.25) is 0 Å². The van der Waals surface area contributed by atoms with Crippen LogP contribution in [0.1, 0.15) is 74.4 Å². The molecule has 4 aromatic rings. The molecule has 0 amide bonds. The molecular weight excluding hydrogens is 680 g/mol. The molecule has 0 bridgehead atoms. The van der Waals surface area contributed by atoms with Gasteiger partial charge in [0.1, 0.15) is 24.4 Å². The Morgan fingerprint density at radius 2 is 0.774 bits per heavy atom. The summed E-state index contributed by atoms with van der Waals surface area (Å²) in [6.07, 6.45) is -3.49. The quantitative estimate of drug-likeness (QED) is 0.117. The molecule has 0 unspecified atom stereocenters. The normalized spacial score (nSPS) is 20.5. The minimum atomic E-state index is -0.932. The molecule has 0 radical (unpaired) electrons. The Kier molecular flexibility index (Phi) is 12.9. The SMILES string of the molecule is COc1ccc([C@@H](O)[C@H](C)Oc2ccc([C@H]3O[C@@H](c4ccc(O[C@@H](C)[C@H](O)c5ccc(OC)c(OC)c5)c(OC)c4)[C@H](C)[C@H]3C)cc2OC)cc1OC. The van der Waals surface area contributed by atoms with Crippen LogP contribution in [0.15, 0.2) is 72.8 Å². The van der Waals surface area contributed by atoms with E-state index >= 15 is 0 Å². The Morgan fingerprint density at radius 1 is 0.453 bits per heavy atom. The van der Waals surface area contributed by atoms with E-state index in [-0.39, 0.29) is 24.0 Å². The Bertz CT molecular complexity index is 1700. The molecule has 286 valence electrons. The molecule has 4 aromatic carbocycles. The van der Waals surface area contributed by atoms with Gasteiger partial charge in [0, 0.05) is 0 Å². The second-order valence-corrected chi connectivity index (χ2v) is 13.3. The molecule has 8 atom stereocenters. The number of hydrogen-bond donors (Lipinski definition) is 2. The van der Waals surface area contributed by atoms with Gasteiger partial charge in [-0.15, -0.1) is 0 Å². The summed E-state index contributed by atoms with van der Waals surface area (Å²) in [7, 11) is 9.43. The molecular formula is C42H52O11. The minimum Gasteiger partial charge on any atom is -0.493 e. The van der Waals surface area contributed by atoms with E-state index in [4.69, 9.17) is 42.6 Å². The zero-order chi connectivity index (χ0) is 38.4. The van der Waals surface area contributed by atoms with Crippen LogP contribution in [0.3, 0.4) is 0 Å². The first-order valence-electron chi connectivity index (χ1n) is 17.6. The molecule has 0 aliphatic carbocycles. The van der Waals surface area contributed by atoms with Crippen molar-refractivity contribution in [1.29, 1.82) is 0 Å². The Hall–Kier alpha value is -4.84. The number of benzene rings is 4. The van der Waals surface area contributed by atoms with E-state index < -0.39 is 24.4 Å². The fourth-order valence-electron chi connectivity index (χ4n) is 6.78. The van der Waals surface area contributed by atoms with Gasteiger partial charge in [0.25, 0.3) is 0 Å². The van der Waals surface area contributed by atoms with Gasteiger partial charge < -0.3 is 52.8 Å². The van der Waals surface area contributed by atoms with E-state index in [0.717, 1.165) is 11.1 Å². The maximum atomic E-state index is 11.1. The monoisotopic (exact) mass is 732 g/mol. The molecule has 1 saturated heterocycles. The summed E-state index contributed by atoms with van der Waals surface area (Å²) in [5.41, 5.74) is 3.18. The lowest BCUT2D eigenvalue weighted by Gasteiger charge is -2.24. The average molecular weight is 733 g/mol. The minimum absolute atomic E-state index is 0.167. The fraction of sp³-hybridized carbons (Fsp3) is 0.429. The first kappa shape index (κ1) is 39.4. The fourth-order valence-corrected chi connectivity index (χ4v) is 6.78. The standard InChI is InChI=1S/C42H52O11/c1-23-24(2)42(30-14-18-34(38(22-30)50-10)52-26(4)40(44)28-12-16-32(46-6)36(20-28)48-8)53-41(23)29-13-17-33(37(21-29)49-9)51-25(3)39(43)27-11-15-31(45-5)35(19-27)47-7/h11-26,39-44H,1-10H3/t23-,24-,25+,26+,39+,40+,41-,42+/m1/s1. The molecule has 0 saturated carbocycles. The van der Waals surface area contributed by atoms with Crippen LogP contribution in [-0.4, -0.2) is 65.1 Å². The first-order chi connectivity index (χ1) is 25.5. The Balaban J connectivity index is 1.29. The third-order valence-electron chi connectivity index (χ3n) is 10.1. The van der Waals surface area contributed by atoms with Crippen LogP contribution in [0, 0.1) is 11.8 Å². The summed E-state index contributed by atoms with van der Waals surface area (Å²) in [5.74, 6) is 4.62. The van der Waals surface area contributed by atoms with Crippen molar-refractivity contribution in [1.82, 2.24) is 0 Å². The molecule has 2 N–H and O–H groups in total. The lowest BCUT2D eigenvalue weighted by molar-refractivity contribution is 0.0281. The highest BCUT2D eigenvalue weighted by Crippen LogP contribution is 2.51. The molecule has 0 spiro atoms. The van der Waals surface area contributed by atoms with E-state index in [1.165, 1.54) is 0 Å². The Labute approximate surface area is 312 Å². The summed E-state index contributed by atoms with van der Waals surface area (Å²) in [4.78, 5) is 0. The van der Waals surface area contributed by atoms with Gasteiger partial charge in [-0.05, 0) is 96.5 Å². The number of aliphatic hydroxyl groups is 2. The first-order valence-corrected chi connectivity index (χ1v) is 17.6. The molecule has 11 heteroatoms. The van der Waals surface area contributed by atoms with Crippen molar-refractivity contribution in [3.05, 3.63) is 95.1 Å². The average Bonchev–Trinajstić information content (AvgIpc) is 3.49. The highest BCUT2D eigenvalue weighted by Gasteiger charge is 2.41. The van der Waals surface area contributed by atoms with E-state index in [9.17, 15) is 10.2 Å². The van der Waals surface area contributed by atoms with Crippen LogP contribution in [0.25, 0.3) is 0 Å². The zero-order valence-corrected chi connectivity index (χ0v) is 32.1. The van der Waals surface area contributed by atoms with Crippen molar-refractivity contribution in [2.75, 3.05) is 42.7 Å². The van der Waals surface area contributed by atoms with E-state index in [2.05, 4.69) is 13.8 Å². The maximum absolute atomic E-state index is 11.1. The van der Waals surface area contributed by atoms with E-state index in [0.29, 0.717) is 57.1 Å². The predicted octanol–water partition coefficient (Wildman–Crippen LogP) is 7.82. The maximum Gasteiger partial charge on any atom is 0.161 e. The molecule has 1 fully saturated rings. The topological polar surface area (TPSA) is 124 Å². The molecule has 1 aliphatic heterocycles. The van der Waals surface area contributed by atoms with Gasteiger partial charge in [0.2, 0.25) is 0 Å². The smallest absolute Gasteiger partial charge is 0.161 e. The van der Waals surface area contributed by atoms with Crippen LogP contribution in [0.2, 0.25) is 0 Å². The van der Waals surface area contributed by atoms with Crippen molar-refractivity contribution in [3.63, 3.8) is 0 Å². The second-order valence-electron chi connectivity index (χ2n) is 13.3. The zero-order valence-electron chi connectivity index (χ0n) is 32.1. The predicted molar refractivity (Wildman–Crippen MR) is 200 cm³/mol. The number of methoxy groups -OCH3 is 6. The van der Waals surface area contributed by atoms with E-state index in [1.807, 2.05) is 36.4 Å². The molecule has 0 aromatic heterocycles. The van der Waals surface area contributed by atoms with Crippen LogP contribution in [0.5, 0.6) is 46.0 Å². The highest BCUT2D eigenvalue weighted by atomic mass is 16.5. The van der Waals surface area contributed by atoms with Gasteiger partial charge in [-0.25, -0.2) is 0 Å². The van der Waals surface area contributed by atoms with Crippen molar-refractivity contribution < 1.29 is 52.8 Å². The van der Waals surface area contributed by atoms with Crippen LogP contribution >= 0.6 is 0 Å². The van der Waals surface area contributed by atoms with Gasteiger partial charge in [0.15, 0.2) is 46.0 Å². The Morgan fingerprint density at radius 3 is 1.11 bits per heavy atom. The van der Waals surface area contributed by atoms with Crippen molar-refractivity contribution >= 4 is 0 Å². The number of hydrogen-bond acceptors (Lipinski definition) is 11. The molecule has 1 aliphatic rings. The van der Waals surface area contributed by atoms with Gasteiger partial charge >= 0.3 is 0 Å². The van der Waals surface area contributed by atoms with Crippen LogP contribution < -0.4 is 37.9 Å². The highest BCUT2D eigenvalue weighted by molar-refractivity contribution is 5.48. The summed E-state index contributed by atoms with van der Waals surface area (Å²) >= 11 is 0. The summed E-state index contributed by atoms with van der Waals surface area (Å²) < 4.78 is 52.2. The molecule has 53 heavy (non-hydrogen) atoms. The van der Waals surface area contributed by atoms with Crippen molar-refractivity contribution in [2.45, 2.75) is 64.3 Å². The van der Waals surface area contributed by atoms with Crippen LogP contribution in [-0.2, 0) is 4.74 Å². The third kappa shape index (κ3) is 8.38. The number of rotatable bonds is 16. The number of ether oxygens (including phenoxy) is 9. The van der Waals surface area contributed by atoms with Gasteiger partial charge in [0.05, 0.1) is 54.9 Å². The lowest BCUT2D eigenvalue weighted by atomic mass is 9.85. The summed E-state index contributed by atoms with van der Waals surface area (Å²) in [6.45, 7) is 7.96. The van der Waals surface area contributed by atoms with E-state index in [1.54, 1.807) is 92.9 Å². The second kappa shape index (κ2) is 17.3. The molecule has 5 rings (SSSR count). The lowest BCUT2D eigenvalue weighted by Crippen LogP contribution is -2.22. The summed E-state index contributed by atoms with van der Waals surface area (Å²) in [5, 5.41) is 22.2. The van der Waals surface area contributed by atoms with Crippen LogP contribution in [0.4, 0.5) is 0 Å². The van der Waals surface area contributed by atoms with Crippen molar-refractivity contribution in [2.24, 2.45) is 11.8 Å². The number of aliphatic hydroxyl groups excluding tert-OH is 2.